The molecule has 0 aliphatic carbocycles. The highest BCUT2D eigenvalue weighted by Crippen LogP contribution is 2.00. The second kappa shape index (κ2) is 11.4. The summed E-state index contributed by atoms with van der Waals surface area (Å²) in [6.45, 7) is 10.0. The molecule has 0 aromatic rings. The van der Waals surface area contributed by atoms with E-state index >= 15 is 0 Å². The van der Waals surface area contributed by atoms with E-state index in [1.807, 2.05) is 6.92 Å². The van der Waals surface area contributed by atoms with Crippen molar-refractivity contribution in [2.24, 2.45) is 0 Å². The molecule has 0 aromatic heterocycles. The molecule has 6 nitrogen and oxygen atoms in total. The molecule has 6 heteroatoms. The summed E-state index contributed by atoms with van der Waals surface area (Å²) in [6, 6.07) is 0. The maximum Gasteiger partial charge on any atom is 0.0745 e. The number of nitrogens with zero attached hydrogens (tertiary/aromatic N) is 1. The summed E-state index contributed by atoms with van der Waals surface area (Å²) in [5.74, 6) is 0. The van der Waals surface area contributed by atoms with Crippen LogP contribution in [0.1, 0.15) is 27.7 Å². The molecular weight excluding hydrogens is 262 g/mol. The van der Waals surface area contributed by atoms with Gasteiger partial charge in [-0.05, 0) is 27.7 Å². The lowest BCUT2D eigenvalue weighted by molar-refractivity contribution is -0.0215. The average Bonchev–Trinajstić information content (AvgIpc) is 2.31. The Morgan fingerprint density at radius 1 is 0.850 bits per heavy atom. The fourth-order valence-corrected chi connectivity index (χ4v) is 1.80. The van der Waals surface area contributed by atoms with Crippen LogP contribution in [0.25, 0.3) is 0 Å². The van der Waals surface area contributed by atoms with Gasteiger partial charge in [-0.1, -0.05) is 0 Å². The van der Waals surface area contributed by atoms with Crippen molar-refractivity contribution in [3.63, 3.8) is 0 Å². The first-order valence-corrected chi connectivity index (χ1v) is 7.27. The van der Waals surface area contributed by atoms with Crippen LogP contribution in [-0.2, 0) is 9.47 Å². The lowest BCUT2D eigenvalue weighted by atomic mass is 10.3. The monoisotopic (exact) mass is 293 g/mol. The molecular formula is C14H31NO5. The van der Waals surface area contributed by atoms with Gasteiger partial charge >= 0.3 is 0 Å². The summed E-state index contributed by atoms with van der Waals surface area (Å²) < 4.78 is 10.8. The lowest BCUT2D eigenvalue weighted by Crippen LogP contribution is -2.40. The molecule has 122 valence electrons. The van der Waals surface area contributed by atoms with Crippen molar-refractivity contribution >= 4 is 0 Å². The maximum absolute atomic E-state index is 9.50. The summed E-state index contributed by atoms with van der Waals surface area (Å²) in [6.07, 6.45) is -1.39. The average molecular weight is 293 g/mol. The Bertz CT molecular complexity index is 224. The van der Waals surface area contributed by atoms with Gasteiger partial charge in [-0.15, -0.1) is 0 Å². The van der Waals surface area contributed by atoms with Crippen molar-refractivity contribution in [2.75, 3.05) is 39.5 Å². The molecule has 0 aliphatic rings. The fraction of sp³-hybridized carbons (Fsp3) is 1.00. The molecule has 0 bridgehead atoms. The molecule has 0 saturated carbocycles. The number of hydrogen-bond donors (Lipinski definition) is 3. The zero-order valence-corrected chi connectivity index (χ0v) is 13.2. The number of rotatable bonds is 12. The van der Waals surface area contributed by atoms with Crippen LogP contribution in [0.3, 0.4) is 0 Å². The van der Waals surface area contributed by atoms with E-state index < -0.39 is 18.3 Å². The van der Waals surface area contributed by atoms with Crippen LogP contribution in [0.4, 0.5) is 0 Å². The first kappa shape index (κ1) is 19.8. The Hall–Kier alpha value is -0.240. The van der Waals surface area contributed by atoms with Crippen molar-refractivity contribution in [1.29, 1.82) is 0 Å². The molecule has 0 saturated heterocycles. The minimum Gasteiger partial charge on any atom is -0.392 e. The molecule has 4 unspecified atom stereocenters. The zero-order chi connectivity index (χ0) is 15.5. The standard InChI is InChI=1S/C14H31NO5/c1-11(16)7-15(5-6-19-9-12(2)17)8-14(4)20-10-13(3)18/h11-14,16-18H,5-10H2,1-4H3. The number of aliphatic hydroxyl groups is 3. The largest absolute Gasteiger partial charge is 0.392 e. The smallest absolute Gasteiger partial charge is 0.0745 e. The van der Waals surface area contributed by atoms with E-state index in [1.165, 1.54) is 0 Å². The van der Waals surface area contributed by atoms with Crippen LogP contribution >= 0.6 is 0 Å². The van der Waals surface area contributed by atoms with Crippen LogP contribution < -0.4 is 0 Å². The van der Waals surface area contributed by atoms with E-state index in [9.17, 15) is 10.2 Å². The molecule has 0 amide bonds. The van der Waals surface area contributed by atoms with E-state index in [4.69, 9.17) is 14.6 Å². The molecule has 20 heavy (non-hydrogen) atoms. The van der Waals surface area contributed by atoms with Crippen molar-refractivity contribution in [1.82, 2.24) is 4.90 Å². The minimum absolute atomic E-state index is 0.0277. The van der Waals surface area contributed by atoms with E-state index in [-0.39, 0.29) is 6.10 Å². The number of ether oxygens (including phenoxy) is 2. The van der Waals surface area contributed by atoms with Crippen LogP contribution in [0.15, 0.2) is 0 Å². The molecule has 0 fully saturated rings. The van der Waals surface area contributed by atoms with Gasteiger partial charge in [-0.2, -0.15) is 0 Å². The Balaban J connectivity index is 4.00. The van der Waals surface area contributed by atoms with Gasteiger partial charge < -0.3 is 24.8 Å². The van der Waals surface area contributed by atoms with E-state index in [2.05, 4.69) is 4.90 Å². The molecule has 0 rings (SSSR count). The van der Waals surface area contributed by atoms with E-state index in [0.29, 0.717) is 39.5 Å². The van der Waals surface area contributed by atoms with Crippen molar-refractivity contribution in [3.05, 3.63) is 0 Å². The summed E-state index contributed by atoms with van der Waals surface area (Å²) in [7, 11) is 0. The summed E-state index contributed by atoms with van der Waals surface area (Å²) in [4.78, 5) is 2.05. The Labute approximate surface area is 122 Å². The molecule has 0 heterocycles. The number of hydrogen-bond acceptors (Lipinski definition) is 6. The third-order valence-electron chi connectivity index (χ3n) is 2.57. The zero-order valence-electron chi connectivity index (χ0n) is 13.2. The molecule has 0 radical (unpaired) electrons. The van der Waals surface area contributed by atoms with Crippen molar-refractivity contribution in [2.45, 2.75) is 52.1 Å². The quantitative estimate of drug-likeness (QED) is 0.434. The minimum atomic E-state index is -0.475. The topological polar surface area (TPSA) is 82.4 Å². The second-order valence-electron chi connectivity index (χ2n) is 5.53. The predicted molar refractivity (Wildman–Crippen MR) is 77.7 cm³/mol. The van der Waals surface area contributed by atoms with Crippen molar-refractivity contribution < 1.29 is 24.8 Å². The maximum atomic E-state index is 9.50. The SMILES string of the molecule is CC(O)COCCN(CC(C)O)CC(C)OCC(C)O. The van der Waals surface area contributed by atoms with Gasteiger partial charge in [0.15, 0.2) is 0 Å². The Morgan fingerprint density at radius 2 is 1.45 bits per heavy atom. The highest BCUT2D eigenvalue weighted by atomic mass is 16.5. The fourth-order valence-electron chi connectivity index (χ4n) is 1.80. The first-order chi connectivity index (χ1) is 9.31. The predicted octanol–water partition coefficient (Wildman–Crippen LogP) is -0.147. The van der Waals surface area contributed by atoms with Gasteiger partial charge in [0.1, 0.15) is 0 Å². The van der Waals surface area contributed by atoms with Crippen LogP contribution in [0.5, 0.6) is 0 Å². The number of aliphatic hydroxyl groups excluding tert-OH is 3. The van der Waals surface area contributed by atoms with Crippen LogP contribution in [0.2, 0.25) is 0 Å². The summed E-state index contributed by atoms with van der Waals surface area (Å²) >= 11 is 0. The summed E-state index contributed by atoms with van der Waals surface area (Å²) in [5.41, 5.74) is 0. The van der Waals surface area contributed by atoms with Gasteiger partial charge in [0, 0.05) is 19.6 Å². The molecule has 0 aromatic carbocycles. The van der Waals surface area contributed by atoms with Crippen LogP contribution in [-0.4, -0.2) is 84.1 Å². The molecule has 0 spiro atoms. The highest BCUT2D eigenvalue weighted by Gasteiger charge is 2.13. The van der Waals surface area contributed by atoms with E-state index in [1.54, 1.807) is 20.8 Å². The summed E-state index contributed by atoms with van der Waals surface area (Å²) in [5, 5.41) is 27.8. The Kier molecular flexibility index (Phi) is 11.3. The van der Waals surface area contributed by atoms with Crippen LogP contribution in [0, 0.1) is 0 Å². The lowest BCUT2D eigenvalue weighted by Gasteiger charge is -2.27. The Morgan fingerprint density at radius 3 is 1.95 bits per heavy atom. The van der Waals surface area contributed by atoms with E-state index in [0.717, 1.165) is 0 Å². The normalized spacial score (nSPS) is 18.0. The molecule has 4 atom stereocenters. The highest BCUT2D eigenvalue weighted by molar-refractivity contribution is 4.66. The van der Waals surface area contributed by atoms with Gasteiger partial charge in [-0.3, -0.25) is 4.90 Å². The van der Waals surface area contributed by atoms with Gasteiger partial charge in [-0.25, -0.2) is 0 Å². The van der Waals surface area contributed by atoms with Crippen molar-refractivity contribution in [3.8, 4) is 0 Å². The van der Waals surface area contributed by atoms with Gasteiger partial charge in [0.05, 0.1) is 44.2 Å². The first-order valence-electron chi connectivity index (χ1n) is 7.27. The molecule has 3 N–H and O–H groups in total. The van der Waals surface area contributed by atoms with Gasteiger partial charge in [0.25, 0.3) is 0 Å². The molecule has 0 aliphatic heterocycles. The third-order valence-corrected chi connectivity index (χ3v) is 2.57. The third kappa shape index (κ3) is 12.8. The van der Waals surface area contributed by atoms with Gasteiger partial charge in [0.2, 0.25) is 0 Å². The second-order valence-corrected chi connectivity index (χ2v) is 5.53.